The molecule has 0 spiro atoms. The molecule has 0 heterocycles. The third-order valence-electron chi connectivity index (χ3n) is 3.82. The fourth-order valence-electron chi connectivity index (χ4n) is 2.55. The van der Waals surface area contributed by atoms with Gasteiger partial charge < -0.3 is 11.1 Å². The second-order valence-corrected chi connectivity index (χ2v) is 5.90. The van der Waals surface area contributed by atoms with E-state index in [2.05, 4.69) is 31.3 Å². The van der Waals surface area contributed by atoms with Crippen molar-refractivity contribution in [3.05, 3.63) is 65.7 Å². The number of hydrogen-bond donors (Lipinski definition) is 2. The van der Waals surface area contributed by atoms with Crippen LogP contribution in [0.2, 0.25) is 0 Å². The minimum atomic E-state index is 0.0434. The van der Waals surface area contributed by atoms with Crippen LogP contribution in [-0.4, -0.2) is 5.91 Å². The lowest BCUT2D eigenvalue weighted by molar-refractivity contribution is -0.122. The maximum atomic E-state index is 12.3. The normalized spacial score (nSPS) is 12.1. The van der Waals surface area contributed by atoms with Crippen molar-refractivity contribution < 1.29 is 4.79 Å². The molecule has 0 radical (unpaired) electrons. The van der Waals surface area contributed by atoms with Crippen LogP contribution in [0.15, 0.2) is 54.6 Å². The lowest BCUT2D eigenvalue weighted by Gasteiger charge is -2.23. The van der Waals surface area contributed by atoms with Gasteiger partial charge in [-0.15, -0.1) is 0 Å². The molecule has 0 saturated carbocycles. The SMILES string of the molecule is CC(C)C(NC(=O)CCc1ccccc1N)c1ccccc1. The quantitative estimate of drug-likeness (QED) is 0.798. The zero-order valence-electron chi connectivity index (χ0n) is 13.3. The second-order valence-electron chi connectivity index (χ2n) is 5.90. The summed E-state index contributed by atoms with van der Waals surface area (Å²) in [6.45, 7) is 4.24. The summed E-state index contributed by atoms with van der Waals surface area (Å²) in [4.78, 5) is 12.3. The Hall–Kier alpha value is -2.29. The molecule has 116 valence electrons. The second kappa shape index (κ2) is 7.64. The van der Waals surface area contributed by atoms with Crippen molar-refractivity contribution in [2.75, 3.05) is 5.73 Å². The fourth-order valence-corrected chi connectivity index (χ4v) is 2.55. The van der Waals surface area contributed by atoms with E-state index in [4.69, 9.17) is 5.73 Å². The molecule has 3 N–H and O–H groups in total. The molecule has 2 rings (SSSR count). The standard InChI is InChI=1S/C19H24N2O/c1-14(2)19(16-9-4-3-5-10-16)21-18(22)13-12-15-8-6-7-11-17(15)20/h3-11,14,19H,12-13,20H2,1-2H3,(H,21,22). The van der Waals surface area contributed by atoms with Crippen molar-refractivity contribution in [1.82, 2.24) is 5.32 Å². The van der Waals surface area contributed by atoms with Gasteiger partial charge in [-0.05, 0) is 29.5 Å². The smallest absolute Gasteiger partial charge is 0.220 e. The number of para-hydroxylation sites is 1. The Morgan fingerprint density at radius 1 is 1.05 bits per heavy atom. The summed E-state index contributed by atoms with van der Waals surface area (Å²) < 4.78 is 0. The van der Waals surface area contributed by atoms with Gasteiger partial charge >= 0.3 is 0 Å². The molecule has 3 heteroatoms. The number of aryl methyl sites for hydroxylation is 1. The van der Waals surface area contributed by atoms with Gasteiger partial charge in [0.05, 0.1) is 6.04 Å². The van der Waals surface area contributed by atoms with E-state index >= 15 is 0 Å². The van der Waals surface area contributed by atoms with Crippen LogP contribution in [0.25, 0.3) is 0 Å². The van der Waals surface area contributed by atoms with Crippen LogP contribution in [-0.2, 0) is 11.2 Å². The van der Waals surface area contributed by atoms with Crippen molar-refractivity contribution >= 4 is 11.6 Å². The highest BCUT2D eigenvalue weighted by Gasteiger charge is 2.17. The molecule has 2 aromatic rings. The Morgan fingerprint density at radius 3 is 2.32 bits per heavy atom. The number of amides is 1. The van der Waals surface area contributed by atoms with E-state index in [1.54, 1.807) is 0 Å². The average Bonchev–Trinajstić information content (AvgIpc) is 2.52. The molecule has 1 amide bonds. The predicted octanol–water partition coefficient (Wildman–Crippen LogP) is 3.71. The zero-order valence-corrected chi connectivity index (χ0v) is 13.3. The van der Waals surface area contributed by atoms with Gasteiger partial charge in [-0.25, -0.2) is 0 Å². The van der Waals surface area contributed by atoms with E-state index in [0.29, 0.717) is 18.8 Å². The number of hydrogen-bond acceptors (Lipinski definition) is 2. The lowest BCUT2D eigenvalue weighted by atomic mass is 9.95. The van der Waals surface area contributed by atoms with E-state index in [-0.39, 0.29) is 11.9 Å². The average molecular weight is 296 g/mol. The highest BCUT2D eigenvalue weighted by molar-refractivity contribution is 5.77. The number of nitrogen functional groups attached to an aromatic ring is 1. The molecular formula is C19H24N2O. The van der Waals surface area contributed by atoms with Gasteiger partial charge in [0, 0.05) is 12.1 Å². The summed E-state index contributed by atoms with van der Waals surface area (Å²) in [5.74, 6) is 0.402. The molecule has 0 aliphatic carbocycles. The first-order chi connectivity index (χ1) is 10.6. The minimum Gasteiger partial charge on any atom is -0.399 e. The third-order valence-corrected chi connectivity index (χ3v) is 3.82. The number of nitrogens with one attached hydrogen (secondary N) is 1. The molecule has 0 aliphatic rings. The van der Waals surface area contributed by atoms with Crippen LogP contribution in [0.3, 0.4) is 0 Å². The summed E-state index contributed by atoms with van der Waals surface area (Å²) in [5.41, 5.74) is 8.83. The molecule has 0 aliphatic heterocycles. The van der Waals surface area contributed by atoms with E-state index in [1.165, 1.54) is 0 Å². The molecule has 0 bridgehead atoms. The number of rotatable bonds is 6. The summed E-state index contributed by atoms with van der Waals surface area (Å²) in [7, 11) is 0. The van der Waals surface area contributed by atoms with Gasteiger partial charge in [-0.3, -0.25) is 4.79 Å². The number of benzene rings is 2. The number of nitrogens with two attached hydrogens (primary N) is 1. The Kier molecular flexibility index (Phi) is 5.59. The van der Waals surface area contributed by atoms with Crippen molar-refractivity contribution in [2.45, 2.75) is 32.7 Å². The predicted molar refractivity (Wildman–Crippen MR) is 91.3 cm³/mol. The number of anilines is 1. The van der Waals surface area contributed by atoms with Crippen LogP contribution in [0.1, 0.15) is 37.4 Å². The van der Waals surface area contributed by atoms with Gasteiger partial charge in [0.1, 0.15) is 0 Å². The van der Waals surface area contributed by atoms with Gasteiger partial charge in [0.15, 0.2) is 0 Å². The van der Waals surface area contributed by atoms with Crippen molar-refractivity contribution in [3.8, 4) is 0 Å². The largest absolute Gasteiger partial charge is 0.399 e. The number of carbonyl (C=O) groups is 1. The monoisotopic (exact) mass is 296 g/mol. The van der Waals surface area contributed by atoms with Crippen LogP contribution < -0.4 is 11.1 Å². The van der Waals surface area contributed by atoms with Crippen molar-refractivity contribution in [1.29, 1.82) is 0 Å². The van der Waals surface area contributed by atoms with E-state index in [0.717, 1.165) is 16.8 Å². The summed E-state index contributed by atoms with van der Waals surface area (Å²) in [6.07, 6.45) is 1.11. The maximum absolute atomic E-state index is 12.3. The van der Waals surface area contributed by atoms with Crippen LogP contribution in [0, 0.1) is 5.92 Å². The topological polar surface area (TPSA) is 55.1 Å². The first kappa shape index (κ1) is 16.1. The molecule has 3 nitrogen and oxygen atoms in total. The van der Waals surface area contributed by atoms with Crippen molar-refractivity contribution in [3.63, 3.8) is 0 Å². The maximum Gasteiger partial charge on any atom is 0.220 e. The Balaban J connectivity index is 1.96. The van der Waals surface area contributed by atoms with Crippen LogP contribution >= 0.6 is 0 Å². The first-order valence-electron chi connectivity index (χ1n) is 7.75. The molecule has 22 heavy (non-hydrogen) atoms. The number of carbonyl (C=O) groups excluding carboxylic acids is 1. The van der Waals surface area contributed by atoms with Crippen LogP contribution in [0.5, 0.6) is 0 Å². The Labute approximate surface area is 132 Å². The minimum absolute atomic E-state index is 0.0434. The van der Waals surface area contributed by atoms with E-state index in [9.17, 15) is 4.79 Å². The molecule has 0 fully saturated rings. The fraction of sp³-hybridized carbons (Fsp3) is 0.316. The lowest BCUT2D eigenvalue weighted by Crippen LogP contribution is -2.31. The first-order valence-corrected chi connectivity index (χ1v) is 7.75. The Morgan fingerprint density at radius 2 is 1.68 bits per heavy atom. The summed E-state index contributed by atoms with van der Waals surface area (Å²) >= 11 is 0. The Bertz CT molecular complexity index is 608. The van der Waals surface area contributed by atoms with Gasteiger partial charge in [0.2, 0.25) is 5.91 Å². The molecular weight excluding hydrogens is 272 g/mol. The summed E-state index contributed by atoms with van der Waals surface area (Å²) in [5, 5.41) is 3.14. The molecule has 1 unspecified atom stereocenters. The highest BCUT2D eigenvalue weighted by Crippen LogP contribution is 2.21. The zero-order chi connectivity index (χ0) is 15.9. The van der Waals surface area contributed by atoms with E-state index < -0.39 is 0 Å². The molecule has 2 aromatic carbocycles. The molecule has 0 saturated heterocycles. The van der Waals surface area contributed by atoms with Crippen LogP contribution in [0.4, 0.5) is 5.69 Å². The molecule has 1 atom stereocenters. The van der Waals surface area contributed by atoms with Gasteiger partial charge in [0.25, 0.3) is 0 Å². The summed E-state index contributed by atoms with van der Waals surface area (Å²) in [6, 6.07) is 17.8. The van der Waals surface area contributed by atoms with Gasteiger partial charge in [-0.2, -0.15) is 0 Å². The van der Waals surface area contributed by atoms with Crippen molar-refractivity contribution in [2.24, 2.45) is 5.92 Å². The molecule has 0 aromatic heterocycles. The third kappa shape index (κ3) is 4.35. The van der Waals surface area contributed by atoms with Gasteiger partial charge in [-0.1, -0.05) is 62.4 Å². The highest BCUT2D eigenvalue weighted by atomic mass is 16.1. The van der Waals surface area contributed by atoms with E-state index in [1.807, 2.05) is 42.5 Å².